The van der Waals surface area contributed by atoms with E-state index in [4.69, 9.17) is 18.9 Å². The van der Waals surface area contributed by atoms with Gasteiger partial charge < -0.3 is 18.9 Å². The van der Waals surface area contributed by atoms with Crippen molar-refractivity contribution in [1.82, 2.24) is 0 Å². The minimum Gasteiger partial charge on any atom is -0.381 e. The van der Waals surface area contributed by atoms with Gasteiger partial charge in [0.05, 0.1) is 20.0 Å². The summed E-state index contributed by atoms with van der Waals surface area (Å²) < 4.78 is 20.8. The molecule has 0 fully saturated rings. The van der Waals surface area contributed by atoms with Gasteiger partial charge in [0.2, 0.25) is 0 Å². The fourth-order valence-corrected chi connectivity index (χ4v) is 4.24. The molecule has 86 valence electrons. The zero-order valence-corrected chi connectivity index (χ0v) is 10.5. The molecule has 14 heavy (non-hydrogen) atoms. The maximum atomic E-state index is 5.24. The normalized spacial score (nSPS) is 12.0. The Bertz CT molecular complexity index is 115. The molecule has 0 aliphatic carbocycles. The lowest BCUT2D eigenvalue weighted by molar-refractivity contribution is 0.195. The van der Waals surface area contributed by atoms with Crippen LogP contribution in [0.15, 0.2) is 0 Å². The van der Waals surface area contributed by atoms with Crippen LogP contribution in [0.3, 0.4) is 0 Å². The summed E-state index contributed by atoms with van der Waals surface area (Å²) in [6.07, 6.45) is 3.19. The highest BCUT2D eigenvalue weighted by Crippen LogP contribution is 2.58. The van der Waals surface area contributed by atoms with Crippen molar-refractivity contribution in [3.05, 3.63) is 0 Å². The van der Waals surface area contributed by atoms with Gasteiger partial charge in [0.15, 0.2) is 19.0 Å². The van der Waals surface area contributed by atoms with E-state index in [1.165, 1.54) is 0 Å². The maximum absolute atomic E-state index is 5.24. The molecule has 0 radical (unpaired) electrons. The Hall–Kier alpha value is 0.270. The van der Waals surface area contributed by atoms with Crippen molar-refractivity contribution < 1.29 is 18.9 Å². The van der Waals surface area contributed by atoms with Crippen molar-refractivity contribution in [2.75, 3.05) is 60.3 Å². The van der Waals surface area contributed by atoms with Gasteiger partial charge in [-0.15, -0.1) is 0 Å². The first kappa shape index (κ1) is 14.3. The molecule has 5 heteroatoms. The van der Waals surface area contributed by atoms with E-state index in [1.807, 2.05) is 0 Å². The van der Waals surface area contributed by atoms with Crippen LogP contribution in [0.2, 0.25) is 0 Å². The molecule has 0 unspecified atom stereocenters. The van der Waals surface area contributed by atoms with E-state index in [2.05, 4.69) is 0 Å². The Balaban J connectivity index is 4.21. The minimum atomic E-state index is -1.30. The second-order valence-corrected chi connectivity index (χ2v) is 7.22. The third-order valence-electron chi connectivity index (χ3n) is 1.98. The summed E-state index contributed by atoms with van der Waals surface area (Å²) >= 11 is 0. The molecule has 0 atom stereocenters. The number of methoxy groups -OCH3 is 4. The third-order valence-corrected chi connectivity index (χ3v) is 5.53. The maximum Gasteiger partial charge on any atom is 0.161 e. The molecule has 0 aliphatic heterocycles. The summed E-state index contributed by atoms with van der Waals surface area (Å²) in [5, 5.41) is 0. The van der Waals surface area contributed by atoms with Crippen LogP contribution in [0.4, 0.5) is 0 Å². The zero-order valence-electron chi connectivity index (χ0n) is 9.62. The third kappa shape index (κ3) is 5.23. The second kappa shape index (κ2) is 8.57. The smallest absolute Gasteiger partial charge is 0.161 e. The predicted octanol–water partition coefficient (Wildman–Crippen LogP) is 1.46. The minimum absolute atomic E-state index is 0.734. The van der Waals surface area contributed by atoms with Crippen LogP contribution < -0.4 is 0 Å². The number of hydrogen-bond donors (Lipinski definition) is 0. The molecule has 0 bridgehead atoms. The quantitative estimate of drug-likeness (QED) is 0.557. The number of hydrogen-bond acceptors (Lipinski definition) is 4. The summed E-state index contributed by atoms with van der Waals surface area (Å²) in [6, 6.07) is 0. The fraction of sp³-hybridized carbons (Fsp3) is 1.00. The lowest BCUT2D eigenvalue weighted by Crippen LogP contribution is -2.17. The van der Waals surface area contributed by atoms with Crippen molar-refractivity contribution in [3.8, 4) is 0 Å². The van der Waals surface area contributed by atoms with Crippen molar-refractivity contribution in [2.45, 2.75) is 0 Å². The molecule has 0 spiro atoms. The van der Waals surface area contributed by atoms with Gasteiger partial charge in [-0.25, -0.2) is 0 Å². The summed E-state index contributed by atoms with van der Waals surface area (Å²) in [4.78, 5) is 0. The molecular weight excluding hydrogens is 203 g/mol. The zero-order chi connectivity index (χ0) is 10.9. The van der Waals surface area contributed by atoms with E-state index in [0.29, 0.717) is 0 Å². The van der Waals surface area contributed by atoms with Gasteiger partial charge >= 0.3 is 0 Å². The topological polar surface area (TPSA) is 36.9 Å². The van der Waals surface area contributed by atoms with Gasteiger partial charge in [-0.3, -0.25) is 0 Å². The standard InChI is InChI=1S/C9H22O4P/c1-10-5-6-14(7-11-2,8-12-3)9-13-4/h5-9H2,1-4H3/q+1. The molecule has 0 amide bonds. The Kier molecular flexibility index (Phi) is 8.73. The van der Waals surface area contributed by atoms with E-state index in [0.717, 1.165) is 31.8 Å². The molecular formula is C9H22O4P+. The summed E-state index contributed by atoms with van der Waals surface area (Å²) in [6.45, 7) is 0.740. The molecule has 0 aromatic heterocycles. The highest BCUT2D eigenvalue weighted by molar-refractivity contribution is 7.75. The molecule has 0 rings (SSSR count). The second-order valence-electron chi connectivity index (χ2n) is 3.31. The highest BCUT2D eigenvalue weighted by atomic mass is 31.2. The SMILES string of the molecule is COCC[P+](COC)(COC)COC. The van der Waals surface area contributed by atoms with E-state index < -0.39 is 7.26 Å². The van der Waals surface area contributed by atoms with Gasteiger partial charge in [-0.05, 0) is 0 Å². The molecule has 0 aromatic rings. The molecule has 0 saturated carbocycles. The number of rotatable bonds is 9. The van der Waals surface area contributed by atoms with Gasteiger partial charge in [-0.1, -0.05) is 0 Å². The fourth-order valence-electron chi connectivity index (χ4n) is 1.41. The Morgan fingerprint density at radius 3 is 1.43 bits per heavy atom. The van der Waals surface area contributed by atoms with Crippen LogP contribution in [0.5, 0.6) is 0 Å². The first-order valence-corrected chi connectivity index (χ1v) is 7.08. The molecule has 0 saturated heterocycles. The Labute approximate surface area is 87.2 Å². The monoisotopic (exact) mass is 225 g/mol. The highest BCUT2D eigenvalue weighted by Gasteiger charge is 2.37. The first-order chi connectivity index (χ1) is 6.74. The summed E-state index contributed by atoms with van der Waals surface area (Å²) in [5.41, 5.74) is 0. The van der Waals surface area contributed by atoms with E-state index in [-0.39, 0.29) is 0 Å². The lowest BCUT2D eigenvalue weighted by Gasteiger charge is -2.24. The van der Waals surface area contributed by atoms with Crippen LogP contribution in [0, 0.1) is 0 Å². The molecule has 0 N–H and O–H groups in total. The Morgan fingerprint density at radius 1 is 0.714 bits per heavy atom. The first-order valence-electron chi connectivity index (χ1n) is 4.55. The van der Waals surface area contributed by atoms with Crippen molar-refractivity contribution in [2.24, 2.45) is 0 Å². The molecule has 4 nitrogen and oxygen atoms in total. The van der Waals surface area contributed by atoms with E-state index in [1.54, 1.807) is 28.4 Å². The lowest BCUT2D eigenvalue weighted by atomic mass is 10.9. The van der Waals surface area contributed by atoms with Crippen LogP contribution in [-0.4, -0.2) is 60.3 Å². The van der Waals surface area contributed by atoms with E-state index >= 15 is 0 Å². The average molecular weight is 225 g/mol. The number of ether oxygens (including phenoxy) is 4. The predicted molar refractivity (Wildman–Crippen MR) is 59.3 cm³/mol. The van der Waals surface area contributed by atoms with Crippen LogP contribution >= 0.6 is 7.26 Å². The summed E-state index contributed by atoms with van der Waals surface area (Å²) in [7, 11) is 5.55. The van der Waals surface area contributed by atoms with Crippen LogP contribution in [0.1, 0.15) is 0 Å². The van der Waals surface area contributed by atoms with Crippen molar-refractivity contribution in [3.63, 3.8) is 0 Å². The molecule has 0 aliphatic rings. The van der Waals surface area contributed by atoms with Gasteiger partial charge in [0.25, 0.3) is 0 Å². The van der Waals surface area contributed by atoms with Gasteiger partial charge in [-0.2, -0.15) is 0 Å². The van der Waals surface area contributed by atoms with Crippen molar-refractivity contribution in [1.29, 1.82) is 0 Å². The van der Waals surface area contributed by atoms with Crippen LogP contribution in [-0.2, 0) is 18.9 Å². The Morgan fingerprint density at radius 2 is 1.14 bits per heavy atom. The van der Waals surface area contributed by atoms with E-state index in [9.17, 15) is 0 Å². The summed E-state index contributed by atoms with van der Waals surface area (Å²) in [5.74, 6) is 0. The average Bonchev–Trinajstić information content (AvgIpc) is 2.16. The molecule has 0 heterocycles. The van der Waals surface area contributed by atoms with Gasteiger partial charge in [0.1, 0.15) is 0 Å². The molecule has 0 aromatic carbocycles. The van der Waals surface area contributed by atoms with Crippen molar-refractivity contribution >= 4 is 7.26 Å². The van der Waals surface area contributed by atoms with Gasteiger partial charge in [0, 0.05) is 28.4 Å². The largest absolute Gasteiger partial charge is 0.381 e. The van der Waals surface area contributed by atoms with Crippen LogP contribution in [0.25, 0.3) is 0 Å².